The van der Waals surface area contributed by atoms with E-state index in [4.69, 9.17) is 4.98 Å². The van der Waals surface area contributed by atoms with E-state index in [0.29, 0.717) is 5.65 Å². The fourth-order valence-corrected chi connectivity index (χ4v) is 4.55. The predicted molar refractivity (Wildman–Crippen MR) is 134 cm³/mol. The molecule has 0 unspecified atom stereocenters. The van der Waals surface area contributed by atoms with Crippen LogP contribution in [0.4, 0.5) is 0 Å². The summed E-state index contributed by atoms with van der Waals surface area (Å²) in [6, 6.07) is 15.9. The van der Waals surface area contributed by atoms with Crippen LogP contribution in [0.5, 0.6) is 5.75 Å². The number of rotatable bonds is 5. The van der Waals surface area contributed by atoms with Crippen molar-refractivity contribution in [3.05, 3.63) is 76.5 Å². The van der Waals surface area contributed by atoms with Crippen LogP contribution in [-0.2, 0) is 6.54 Å². The molecule has 5 rings (SSSR count). The number of aromatic hydroxyl groups is 1. The Morgan fingerprint density at radius 1 is 0.970 bits per heavy atom. The average Bonchev–Trinajstić information content (AvgIpc) is 3.21. The van der Waals surface area contributed by atoms with E-state index in [0.717, 1.165) is 55.1 Å². The highest BCUT2D eigenvalue weighted by molar-refractivity contribution is 5.91. The van der Waals surface area contributed by atoms with Crippen LogP contribution in [0.15, 0.2) is 48.5 Å². The first-order chi connectivity index (χ1) is 16.0. The summed E-state index contributed by atoms with van der Waals surface area (Å²) >= 11 is 0. The van der Waals surface area contributed by atoms with Gasteiger partial charge in [0, 0.05) is 38.3 Å². The Bertz CT molecular complexity index is 1280. The first kappa shape index (κ1) is 21.4. The zero-order chi connectivity index (χ0) is 22.8. The summed E-state index contributed by atoms with van der Waals surface area (Å²) in [4.78, 5) is 7.31. The fraction of sp³-hybridized carbons (Fsp3) is 0.259. The fourth-order valence-electron chi connectivity index (χ4n) is 4.55. The molecule has 3 N–H and O–H groups in total. The SMILES string of the molecule is Cc1cc(C)cc(/C=C/c2[nH]nc3nc(-c4ccc(O)cc4)cc(CN4CCNCC4)c23)c1. The molecular formula is C27H29N5O. The van der Waals surface area contributed by atoms with Crippen molar-refractivity contribution in [3.8, 4) is 17.0 Å². The molecule has 0 aliphatic carbocycles. The highest BCUT2D eigenvalue weighted by atomic mass is 16.3. The van der Waals surface area contributed by atoms with E-state index in [2.05, 4.69) is 70.7 Å². The van der Waals surface area contributed by atoms with Gasteiger partial charge >= 0.3 is 0 Å². The molecule has 1 saturated heterocycles. The second kappa shape index (κ2) is 9.17. The Morgan fingerprint density at radius 3 is 2.42 bits per heavy atom. The Hall–Kier alpha value is -3.48. The lowest BCUT2D eigenvalue weighted by atomic mass is 10.0. The number of aryl methyl sites for hydroxylation is 2. The van der Waals surface area contributed by atoms with Crippen molar-refractivity contribution in [3.63, 3.8) is 0 Å². The zero-order valence-electron chi connectivity index (χ0n) is 19.1. The Kier molecular flexibility index (Phi) is 5.94. The normalized spacial score (nSPS) is 15.0. The summed E-state index contributed by atoms with van der Waals surface area (Å²) in [7, 11) is 0. The number of phenolic OH excluding ortho intramolecular Hbond substituents is 1. The number of fused-ring (bicyclic) bond motifs is 1. The van der Waals surface area contributed by atoms with Gasteiger partial charge in [-0.25, -0.2) is 4.98 Å². The molecule has 2 aromatic heterocycles. The predicted octanol–water partition coefficient (Wildman–Crippen LogP) is 4.52. The van der Waals surface area contributed by atoms with Crippen molar-refractivity contribution in [2.45, 2.75) is 20.4 Å². The molecule has 0 saturated carbocycles. The number of nitrogens with one attached hydrogen (secondary N) is 2. The minimum Gasteiger partial charge on any atom is -0.508 e. The third kappa shape index (κ3) is 4.82. The van der Waals surface area contributed by atoms with Crippen molar-refractivity contribution in [1.82, 2.24) is 25.4 Å². The van der Waals surface area contributed by atoms with Crippen LogP contribution in [0.25, 0.3) is 34.4 Å². The maximum atomic E-state index is 9.68. The van der Waals surface area contributed by atoms with Crippen LogP contribution < -0.4 is 5.32 Å². The van der Waals surface area contributed by atoms with E-state index in [9.17, 15) is 5.11 Å². The topological polar surface area (TPSA) is 77.1 Å². The molecule has 1 aliphatic heterocycles. The third-order valence-corrected chi connectivity index (χ3v) is 6.09. The third-order valence-electron chi connectivity index (χ3n) is 6.09. The van der Waals surface area contributed by atoms with Crippen molar-refractivity contribution >= 4 is 23.2 Å². The molecule has 2 aromatic carbocycles. The van der Waals surface area contributed by atoms with Gasteiger partial charge in [-0.1, -0.05) is 35.4 Å². The van der Waals surface area contributed by atoms with Gasteiger partial charge in [0.05, 0.1) is 16.8 Å². The maximum Gasteiger partial charge on any atom is 0.182 e. The standard InChI is InChI=1S/C27H29N5O/c1-18-13-19(2)15-20(14-18)3-8-24-26-22(17-32-11-9-28-10-12-32)16-25(29-27(26)31-30-24)21-4-6-23(33)7-5-21/h3-8,13-16,28,33H,9-12,17H2,1-2H3,(H,29,30,31)/b8-3+. The largest absolute Gasteiger partial charge is 0.508 e. The summed E-state index contributed by atoms with van der Waals surface area (Å²) in [6.07, 6.45) is 4.24. The highest BCUT2D eigenvalue weighted by Crippen LogP contribution is 2.29. The summed E-state index contributed by atoms with van der Waals surface area (Å²) in [5, 5.41) is 21.9. The van der Waals surface area contributed by atoms with Gasteiger partial charge in [-0.05, 0) is 61.4 Å². The number of aromatic amines is 1. The molecule has 1 fully saturated rings. The second-order valence-electron chi connectivity index (χ2n) is 8.83. The summed E-state index contributed by atoms with van der Waals surface area (Å²) in [5.41, 5.74) is 8.40. The van der Waals surface area contributed by atoms with Crippen LogP contribution in [0.1, 0.15) is 27.9 Å². The zero-order valence-corrected chi connectivity index (χ0v) is 19.1. The number of pyridine rings is 1. The van der Waals surface area contributed by atoms with Crippen molar-refractivity contribution in [2.24, 2.45) is 0 Å². The average molecular weight is 440 g/mol. The van der Waals surface area contributed by atoms with E-state index in [1.165, 1.54) is 22.3 Å². The van der Waals surface area contributed by atoms with Crippen LogP contribution in [0.3, 0.4) is 0 Å². The number of phenols is 1. The molecular weight excluding hydrogens is 410 g/mol. The minimum atomic E-state index is 0.249. The Balaban J connectivity index is 1.57. The molecule has 0 amide bonds. The van der Waals surface area contributed by atoms with Gasteiger partial charge in [-0.2, -0.15) is 5.10 Å². The van der Waals surface area contributed by atoms with Crippen LogP contribution >= 0.6 is 0 Å². The first-order valence-corrected chi connectivity index (χ1v) is 11.4. The molecule has 0 spiro atoms. The molecule has 6 nitrogen and oxygen atoms in total. The molecule has 0 bridgehead atoms. The molecule has 1 aliphatic rings. The summed E-state index contributed by atoms with van der Waals surface area (Å²) < 4.78 is 0. The number of H-pyrrole nitrogens is 1. The number of benzene rings is 2. The molecule has 3 heterocycles. The Morgan fingerprint density at radius 2 is 1.70 bits per heavy atom. The van der Waals surface area contributed by atoms with Gasteiger partial charge in [-0.3, -0.25) is 10.00 Å². The van der Waals surface area contributed by atoms with Crippen molar-refractivity contribution in [2.75, 3.05) is 26.2 Å². The number of aromatic nitrogens is 3. The molecule has 6 heteroatoms. The van der Waals surface area contributed by atoms with E-state index in [1.807, 2.05) is 12.1 Å². The van der Waals surface area contributed by atoms with Gasteiger partial charge in [0.25, 0.3) is 0 Å². The molecule has 0 atom stereocenters. The Labute approximate surface area is 194 Å². The van der Waals surface area contributed by atoms with Crippen LogP contribution in [-0.4, -0.2) is 51.4 Å². The lowest BCUT2D eigenvalue weighted by molar-refractivity contribution is 0.234. The van der Waals surface area contributed by atoms with Crippen molar-refractivity contribution < 1.29 is 5.11 Å². The lowest BCUT2D eigenvalue weighted by Gasteiger charge is -2.27. The van der Waals surface area contributed by atoms with Gasteiger partial charge in [0.15, 0.2) is 5.65 Å². The quantitative estimate of drug-likeness (QED) is 0.426. The van der Waals surface area contributed by atoms with Gasteiger partial charge in [0.2, 0.25) is 0 Å². The number of piperazine rings is 1. The molecule has 33 heavy (non-hydrogen) atoms. The van der Waals surface area contributed by atoms with Crippen LogP contribution in [0, 0.1) is 13.8 Å². The minimum absolute atomic E-state index is 0.249. The van der Waals surface area contributed by atoms with Gasteiger partial charge in [0.1, 0.15) is 5.75 Å². The van der Waals surface area contributed by atoms with E-state index in [-0.39, 0.29) is 5.75 Å². The summed E-state index contributed by atoms with van der Waals surface area (Å²) in [5.74, 6) is 0.249. The van der Waals surface area contributed by atoms with E-state index < -0.39 is 0 Å². The van der Waals surface area contributed by atoms with E-state index >= 15 is 0 Å². The maximum absolute atomic E-state index is 9.68. The first-order valence-electron chi connectivity index (χ1n) is 11.4. The van der Waals surface area contributed by atoms with Gasteiger partial charge < -0.3 is 10.4 Å². The highest BCUT2D eigenvalue weighted by Gasteiger charge is 2.17. The number of hydrogen-bond donors (Lipinski definition) is 3. The smallest absolute Gasteiger partial charge is 0.182 e. The summed E-state index contributed by atoms with van der Waals surface area (Å²) in [6.45, 7) is 9.13. The number of hydrogen-bond acceptors (Lipinski definition) is 5. The van der Waals surface area contributed by atoms with Gasteiger partial charge in [-0.15, -0.1) is 0 Å². The lowest BCUT2D eigenvalue weighted by Crippen LogP contribution is -2.42. The second-order valence-corrected chi connectivity index (χ2v) is 8.83. The number of nitrogens with zero attached hydrogens (tertiary/aromatic N) is 3. The molecule has 168 valence electrons. The monoisotopic (exact) mass is 439 g/mol. The molecule has 0 radical (unpaired) electrons. The van der Waals surface area contributed by atoms with Crippen molar-refractivity contribution in [1.29, 1.82) is 0 Å². The molecule has 4 aromatic rings. The van der Waals surface area contributed by atoms with Crippen LogP contribution in [0.2, 0.25) is 0 Å². The van der Waals surface area contributed by atoms with E-state index in [1.54, 1.807) is 12.1 Å².